The highest BCUT2D eigenvalue weighted by molar-refractivity contribution is 5.87. The number of hydrogen-bond donors (Lipinski definition) is 2. The minimum absolute atomic E-state index is 0.209. The van der Waals surface area contributed by atoms with Gasteiger partial charge in [0.15, 0.2) is 6.61 Å². The summed E-state index contributed by atoms with van der Waals surface area (Å²) in [5.41, 5.74) is -0.0983. The van der Waals surface area contributed by atoms with Crippen molar-refractivity contribution in [1.29, 1.82) is 0 Å². The molecule has 1 saturated heterocycles. The lowest BCUT2D eigenvalue weighted by Gasteiger charge is -2.52. The first-order valence-corrected chi connectivity index (χ1v) is 9.32. The molecule has 8 nitrogen and oxygen atoms in total. The number of carbonyl (C=O) groups excluding carboxylic acids is 3. The van der Waals surface area contributed by atoms with E-state index in [1.807, 2.05) is 32.6 Å². The maximum absolute atomic E-state index is 12.7. The number of amides is 3. The number of nitrogens with zero attached hydrogens (tertiary/aromatic N) is 1. The SMILES string of the molecule is CNC(=O)Oc1ccc(NC(=O)OCC(=O)N2C(C)(C)CCCC2(C)C)cc1. The maximum Gasteiger partial charge on any atom is 0.412 e. The number of rotatable bonds is 4. The van der Waals surface area contributed by atoms with Crippen molar-refractivity contribution in [2.75, 3.05) is 19.0 Å². The van der Waals surface area contributed by atoms with Crippen LogP contribution in [0.15, 0.2) is 24.3 Å². The van der Waals surface area contributed by atoms with Gasteiger partial charge in [-0.25, -0.2) is 9.59 Å². The van der Waals surface area contributed by atoms with Crippen LogP contribution >= 0.6 is 0 Å². The molecule has 28 heavy (non-hydrogen) atoms. The zero-order chi connectivity index (χ0) is 20.9. The minimum Gasteiger partial charge on any atom is -0.439 e. The number of piperidine rings is 1. The van der Waals surface area contributed by atoms with E-state index in [1.54, 1.807) is 12.1 Å². The Labute approximate surface area is 165 Å². The third kappa shape index (κ3) is 5.37. The highest BCUT2D eigenvalue weighted by Crippen LogP contribution is 2.38. The van der Waals surface area contributed by atoms with Gasteiger partial charge in [0.1, 0.15) is 5.75 Å². The quantitative estimate of drug-likeness (QED) is 0.818. The monoisotopic (exact) mass is 391 g/mol. The van der Waals surface area contributed by atoms with Crippen molar-refractivity contribution in [3.63, 3.8) is 0 Å². The van der Waals surface area contributed by atoms with Crippen LogP contribution < -0.4 is 15.4 Å². The summed E-state index contributed by atoms with van der Waals surface area (Å²) in [5, 5.41) is 4.89. The lowest BCUT2D eigenvalue weighted by molar-refractivity contribution is -0.151. The molecular formula is C20H29N3O5. The van der Waals surface area contributed by atoms with Gasteiger partial charge < -0.3 is 19.7 Å². The molecule has 1 aromatic carbocycles. The van der Waals surface area contributed by atoms with Gasteiger partial charge in [-0.1, -0.05) is 0 Å². The van der Waals surface area contributed by atoms with Gasteiger partial charge in [-0.2, -0.15) is 0 Å². The Morgan fingerprint density at radius 3 is 2.11 bits per heavy atom. The zero-order valence-electron chi connectivity index (χ0n) is 17.1. The molecule has 2 rings (SSSR count). The molecule has 1 aliphatic heterocycles. The summed E-state index contributed by atoms with van der Waals surface area (Å²) in [7, 11) is 1.46. The van der Waals surface area contributed by atoms with E-state index in [0.717, 1.165) is 19.3 Å². The van der Waals surface area contributed by atoms with Gasteiger partial charge in [0.2, 0.25) is 0 Å². The Kier molecular flexibility index (Phi) is 6.53. The lowest BCUT2D eigenvalue weighted by Crippen LogP contribution is -2.61. The number of hydrogen-bond acceptors (Lipinski definition) is 5. The van der Waals surface area contributed by atoms with E-state index in [9.17, 15) is 14.4 Å². The van der Waals surface area contributed by atoms with Crippen molar-refractivity contribution < 1.29 is 23.9 Å². The van der Waals surface area contributed by atoms with E-state index in [4.69, 9.17) is 9.47 Å². The molecule has 8 heteroatoms. The fraction of sp³-hybridized carbons (Fsp3) is 0.550. The number of benzene rings is 1. The highest BCUT2D eigenvalue weighted by Gasteiger charge is 2.44. The molecule has 1 heterocycles. The van der Waals surface area contributed by atoms with Crippen LogP contribution in [-0.2, 0) is 9.53 Å². The first-order valence-electron chi connectivity index (χ1n) is 9.32. The molecule has 3 amide bonds. The van der Waals surface area contributed by atoms with Crippen LogP contribution in [0.2, 0.25) is 0 Å². The average Bonchev–Trinajstić information content (AvgIpc) is 2.60. The third-order valence-electron chi connectivity index (χ3n) is 4.88. The molecule has 2 N–H and O–H groups in total. The van der Waals surface area contributed by atoms with Crippen molar-refractivity contribution in [1.82, 2.24) is 10.2 Å². The first kappa shape index (κ1) is 21.5. The maximum atomic E-state index is 12.7. The molecule has 1 fully saturated rings. The predicted molar refractivity (Wildman–Crippen MR) is 105 cm³/mol. The fourth-order valence-corrected chi connectivity index (χ4v) is 3.78. The number of anilines is 1. The summed E-state index contributed by atoms with van der Waals surface area (Å²) in [5.74, 6) is 0.127. The number of likely N-dealkylation sites (tertiary alicyclic amines) is 1. The number of nitrogens with one attached hydrogen (secondary N) is 2. The minimum atomic E-state index is -0.721. The van der Waals surface area contributed by atoms with Crippen LogP contribution in [0, 0.1) is 0 Å². The number of carbonyl (C=O) groups is 3. The topological polar surface area (TPSA) is 97.0 Å². The number of ether oxygens (including phenoxy) is 2. The van der Waals surface area contributed by atoms with Gasteiger partial charge in [-0.05, 0) is 71.2 Å². The van der Waals surface area contributed by atoms with Crippen LogP contribution in [0.4, 0.5) is 15.3 Å². The molecule has 0 spiro atoms. The van der Waals surface area contributed by atoms with Gasteiger partial charge in [0.25, 0.3) is 5.91 Å². The smallest absolute Gasteiger partial charge is 0.412 e. The van der Waals surface area contributed by atoms with Crippen LogP contribution in [0.3, 0.4) is 0 Å². The molecule has 0 atom stereocenters. The fourth-order valence-electron chi connectivity index (χ4n) is 3.78. The third-order valence-corrected chi connectivity index (χ3v) is 4.88. The second-order valence-corrected chi connectivity index (χ2v) is 8.07. The standard InChI is InChI=1S/C20H29N3O5/c1-19(2)11-6-12-20(3,4)23(19)16(24)13-27-18(26)22-14-7-9-15(10-8-14)28-17(25)21-5/h7-10H,6,11-13H2,1-5H3,(H,21,25)(H,22,26). The van der Waals surface area contributed by atoms with E-state index >= 15 is 0 Å². The lowest BCUT2D eigenvalue weighted by atomic mass is 9.80. The van der Waals surface area contributed by atoms with Gasteiger partial charge in [-0.3, -0.25) is 10.1 Å². The molecule has 1 aliphatic rings. The summed E-state index contributed by atoms with van der Waals surface area (Å²) in [6, 6.07) is 6.21. The van der Waals surface area contributed by atoms with Crippen molar-refractivity contribution in [2.45, 2.75) is 58.0 Å². The van der Waals surface area contributed by atoms with E-state index in [1.165, 1.54) is 19.2 Å². The normalized spacial score (nSPS) is 17.4. The summed E-state index contributed by atoms with van der Waals surface area (Å²) in [4.78, 5) is 37.8. The largest absolute Gasteiger partial charge is 0.439 e. The summed E-state index contributed by atoms with van der Waals surface area (Å²) >= 11 is 0. The Morgan fingerprint density at radius 2 is 1.57 bits per heavy atom. The summed E-state index contributed by atoms with van der Waals surface area (Å²) in [6.07, 6.45) is 1.59. The van der Waals surface area contributed by atoms with Crippen LogP contribution in [0.25, 0.3) is 0 Å². The second kappa shape index (κ2) is 8.50. The van der Waals surface area contributed by atoms with E-state index in [2.05, 4.69) is 10.6 Å². The molecule has 0 bridgehead atoms. The summed E-state index contributed by atoms with van der Waals surface area (Å²) in [6.45, 7) is 7.82. The summed E-state index contributed by atoms with van der Waals surface area (Å²) < 4.78 is 10.1. The molecule has 154 valence electrons. The molecule has 0 saturated carbocycles. The second-order valence-electron chi connectivity index (χ2n) is 8.07. The molecule has 0 unspecified atom stereocenters. The Balaban J connectivity index is 1.89. The van der Waals surface area contributed by atoms with E-state index in [-0.39, 0.29) is 23.6 Å². The molecule has 0 aromatic heterocycles. The Morgan fingerprint density at radius 1 is 1.00 bits per heavy atom. The Hall–Kier alpha value is -2.77. The molecule has 0 radical (unpaired) electrons. The van der Waals surface area contributed by atoms with E-state index in [0.29, 0.717) is 11.4 Å². The van der Waals surface area contributed by atoms with Gasteiger partial charge in [-0.15, -0.1) is 0 Å². The van der Waals surface area contributed by atoms with Crippen LogP contribution in [0.1, 0.15) is 47.0 Å². The molecular weight excluding hydrogens is 362 g/mol. The van der Waals surface area contributed by atoms with Crippen LogP contribution in [0.5, 0.6) is 5.75 Å². The Bertz CT molecular complexity index is 712. The van der Waals surface area contributed by atoms with Gasteiger partial charge >= 0.3 is 12.2 Å². The van der Waals surface area contributed by atoms with E-state index < -0.39 is 12.2 Å². The molecule has 1 aromatic rings. The zero-order valence-corrected chi connectivity index (χ0v) is 17.1. The van der Waals surface area contributed by atoms with Crippen molar-refractivity contribution in [3.8, 4) is 5.75 Å². The van der Waals surface area contributed by atoms with Gasteiger partial charge in [0, 0.05) is 23.8 Å². The highest BCUT2D eigenvalue weighted by atomic mass is 16.6. The van der Waals surface area contributed by atoms with Crippen LogP contribution in [-0.4, -0.2) is 47.7 Å². The first-order chi connectivity index (χ1) is 13.0. The molecule has 0 aliphatic carbocycles. The van der Waals surface area contributed by atoms with Crippen molar-refractivity contribution >= 4 is 23.8 Å². The van der Waals surface area contributed by atoms with Gasteiger partial charge in [0.05, 0.1) is 0 Å². The van der Waals surface area contributed by atoms with Crippen molar-refractivity contribution in [2.24, 2.45) is 0 Å². The van der Waals surface area contributed by atoms with Crippen molar-refractivity contribution in [3.05, 3.63) is 24.3 Å². The average molecular weight is 391 g/mol. The predicted octanol–water partition coefficient (Wildman–Crippen LogP) is 3.52.